The van der Waals surface area contributed by atoms with Crippen LogP contribution < -0.4 is 4.74 Å². The Morgan fingerprint density at radius 3 is 2.13 bits per heavy atom. The summed E-state index contributed by atoms with van der Waals surface area (Å²) in [6.45, 7) is 3.19. The second kappa shape index (κ2) is 11.5. The van der Waals surface area contributed by atoms with Crippen LogP contribution in [0.2, 0.25) is 0 Å². The maximum absolute atomic E-state index is 12.8. The van der Waals surface area contributed by atoms with Crippen LogP contribution in [0, 0.1) is 5.92 Å². The van der Waals surface area contributed by atoms with Gasteiger partial charge in [0.25, 0.3) is 5.91 Å². The predicted octanol–water partition coefficient (Wildman–Crippen LogP) is 4.58. The SMILES string of the molecule is O=C(COc1ccc(C2SCCCS2)cc1)N1CCC(C(=O)N2CCCCCC2)CC1. The number of carbonyl (C=O) groups excluding carboxylic acids is 2. The lowest BCUT2D eigenvalue weighted by Crippen LogP contribution is -2.45. The molecule has 3 heterocycles. The van der Waals surface area contributed by atoms with Crippen LogP contribution in [0.15, 0.2) is 24.3 Å². The lowest BCUT2D eigenvalue weighted by Gasteiger charge is -2.34. The first-order valence-electron chi connectivity index (χ1n) is 11.7. The van der Waals surface area contributed by atoms with E-state index in [1.807, 2.05) is 40.6 Å². The Balaban J connectivity index is 1.20. The number of amides is 2. The van der Waals surface area contributed by atoms with Gasteiger partial charge in [0.2, 0.25) is 5.91 Å². The minimum Gasteiger partial charge on any atom is -0.484 e. The molecule has 3 aliphatic rings. The van der Waals surface area contributed by atoms with E-state index < -0.39 is 0 Å². The molecule has 5 nitrogen and oxygen atoms in total. The zero-order valence-electron chi connectivity index (χ0n) is 18.3. The zero-order chi connectivity index (χ0) is 21.5. The zero-order valence-corrected chi connectivity index (χ0v) is 19.9. The molecule has 31 heavy (non-hydrogen) atoms. The van der Waals surface area contributed by atoms with Crippen molar-refractivity contribution in [3.05, 3.63) is 29.8 Å². The van der Waals surface area contributed by atoms with E-state index in [-0.39, 0.29) is 18.4 Å². The molecule has 0 atom stereocenters. The van der Waals surface area contributed by atoms with E-state index in [2.05, 4.69) is 17.0 Å². The van der Waals surface area contributed by atoms with Crippen LogP contribution in [0.3, 0.4) is 0 Å². The van der Waals surface area contributed by atoms with Crippen LogP contribution >= 0.6 is 23.5 Å². The standard InChI is InChI=1S/C24H34N2O3S2/c27-22(18-29-21-8-6-20(7-9-21)24-30-16-5-17-31-24)25-14-10-19(11-15-25)23(28)26-12-3-1-2-4-13-26/h6-9,19,24H,1-5,10-18H2. The summed E-state index contributed by atoms with van der Waals surface area (Å²) >= 11 is 4.01. The highest BCUT2D eigenvalue weighted by Crippen LogP contribution is 2.43. The van der Waals surface area contributed by atoms with E-state index in [0.29, 0.717) is 23.6 Å². The highest BCUT2D eigenvalue weighted by Gasteiger charge is 2.30. The lowest BCUT2D eigenvalue weighted by atomic mass is 9.95. The van der Waals surface area contributed by atoms with Crippen LogP contribution in [0.1, 0.15) is 55.1 Å². The van der Waals surface area contributed by atoms with Crippen molar-refractivity contribution in [1.29, 1.82) is 0 Å². The molecule has 0 N–H and O–H groups in total. The molecular formula is C24H34N2O3S2. The number of likely N-dealkylation sites (tertiary alicyclic amines) is 2. The monoisotopic (exact) mass is 462 g/mol. The van der Waals surface area contributed by atoms with Crippen molar-refractivity contribution in [3.63, 3.8) is 0 Å². The Morgan fingerprint density at radius 1 is 0.839 bits per heavy atom. The third-order valence-corrected chi connectivity index (χ3v) is 9.47. The van der Waals surface area contributed by atoms with Gasteiger partial charge in [-0.2, -0.15) is 0 Å². The van der Waals surface area contributed by atoms with Gasteiger partial charge in [0.15, 0.2) is 6.61 Å². The summed E-state index contributed by atoms with van der Waals surface area (Å²) in [7, 11) is 0. The molecule has 0 spiro atoms. The van der Waals surface area contributed by atoms with Crippen LogP contribution in [0.4, 0.5) is 0 Å². The number of thioether (sulfide) groups is 2. The van der Waals surface area contributed by atoms with Crippen molar-refractivity contribution in [2.45, 2.75) is 49.5 Å². The van der Waals surface area contributed by atoms with Gasteiger partial charge in [-0.25, -0.2) is 0 Å². The number of hydrogen-bond donors (Lipinski definition) is 0. The number of benzene rings is 1. The topological polar surface area (TPSA) is 49.9 Å². The Bertz CT molecular complexity index is 721. The molecule has 170 valence electrons. The molecule has 0 aromatic heterocycles. The first-order chi connectivity index (χ1) is 15.2. The fourth-order valence-corrected chi connectivity index (χ4v) is 7.46. The number of hydrogen-bond acceptors (Lipinski definition) is 5. The summed E-state index contributed by atoms with van der Waals surface area (Å²) in [4.78, 5) is 29.4. The molecule has 3 aliphatic heterocycles. The Kier molecular flexibility index (Phi) is 8.48. The van der Waals surface area contributed by atoms with Crippen molar-refractivity contribution in [3.8, 4) is 5.75 Å². The number of nitrogens with zero attached hydrogens (tertiary/aromatic N) is 2. The van der Waals surface area contributed by atoms with Crippen molar-refractivity contribution < 1.29 is 14.3 Å². The van der Waals surface area contributed by atoms with E-state index >= 15 is 0 Å². The van der Waals surface area contributed by atoms with E-state index in [1.165, 1.54) is 36.3 Å². The van der Waals surface area contributed by atoms with Crippen molar-refractivity contribution in [2.24, 2.45) is 5.92 Å². The summed E-state index contributed by atoms with van der Waals surface area (Å²) in [6, 6.07) is 8.19. The molecule has 7 heteroatoms. The van der Waals surface area contributed by atoms with Gasteiger partial charge in [-0.3, -0.25) is 9.59 Å². The first-order valence-corrected chi connectivity index (χ1v) is 13.8. The molecule has 2 amide bonds. The van der Waals surface area contributed by atoms with E-state index in [4.69, 9.17) is 4.74 Å². The second-order valence-electron chi connectivity index (χ2n) is 8.68. The Hall–Kier alpha value is -1.34. The van der Waals surface area contributed by atoms with Crippen molar-refractivity contribution in [2.75, 3.05) is 44.3 Å². The molecule has 1 aromatic rings. The second-order valence-corrected chi connectivity index (χ2v) is 11.4. The van der Waals surface area contributed by atoms with Crippen molar-refractivity contribution in [1.82, 2.24) is 9.80 Å². The molecule has 4 rings (SSSR count). The van der Waals surface area contributed by atoms with Gasteiger partial charge in [-0.05, 0) is 61.3 Å². The summed E-state index contributed by atoms with van der Waals surface area (Å²) in [5.74, 6) is 3.60. The van der Waals surface area contributed by atoms with Gasteiger partial charge in [0.05, 0.1) is 4.58 Å². The third-order valence-electron chi connectivity index (χ3n) is 6.46. The Morgan fingerprint density at radius 2 is 1.48 bits per heavy atom. The van der Waals surface area contributed by atoms with E-state index in [9.17, 15) is 9.59 Å². The van der Waals surface area contributed by atoms with E-state index in [0.717, 1.165) is 44.5 Å². The number of rotatable bonds is 5. The van der Waals surface area contributed by atoms with Crippen LogP contribution in [-0.4, -0.2) is 65.9 Å². The van der Waals surface area contributed by atoms with Gasteiger partial charge in [-0.1, -0.05) is 25.0 Å². The fourth-order valence-electron chi connectivity index (χ4n) is 4.56. The van der Waals surface area contributed by atoms with Gasteiger partial charge >= 0.3 is 0 Å². The molecule has 0 bridgehead atoms. The minimum absolute atomic E-state index is 0.0168. The molecule has 0 radical (unpaired) electrons. The smallest absolute Gasteiger partial charge is 0.260 e. The molecule has 0 aliphatic carbocycles. The summed E-state index contributed by atoms with van der Waals surface area (Å²) in [6.07, 6.45) is 7.55. The van der Waals surface area contributed by atoms with Crippen LogP contribution in [0.25, 0.3) is 0 Å². The summed E-state index contributed by atoms with van der Waals surface area (Å²) < 4.78 is 6.28. The predicted molar refractivity (Wildman–Crippen MR) is 129 cm³/mol. The molecule has 3 saturated heterocycles. The normalized spacial score (nSPS) is 21.5. The maximum atomic E-state index is 12.8. The lowest BCUT2D eigenvalue weighted by molar-refractivity contribution is -0.141. The maximum Gasteiger partial charge on any atom is 0.260 e. The van der Waals surface area contributed by atoms with Gasteiger partial charge in [0.1, 0.15) is 5.75 Å². The minimum atomic E-state index is 0.0168. The highest BCUT2D eigenvalue weighted by molar-refractivity contribution is 8.16. The van der Waals surface area contributed by atoms with Gasteiger partial charge in [-0.15, -0.1) is 23.5 Å². The van der Waals surface area contributed by atoms with Gasteiger partial charge < -0.3 is 14.5 Å². The Labute approximate surface area is 194 Å². The first kappa shape index (κ1) is 22.8. The summed E-state index contributed by atoms with van der Waals surface area (Å²) in [5.41, 5.74) is 1.32. The number of carbonyl (C=O) groups is 2. The van der Waals surface area contributed by atoms with E-state index in [1.54, 1.807) is 0 Å². The molecule has 3 fully saturated rings. The fraction of sp³-hybridized carbons (Fsp3) is 0.667. The average molecular weight is 463 g/mol. The molecular weight excluding hydrogens is 428 g/mol. The van der Waals surface area contributed by atoms with Gasteiger partial charge in [0, 0.05) is 32.1 Å². The molecule has 0 unspecified atom stereocenters. The number of piperidine rings is 1. The molecule has 0 saturated carbocycles. The third kappa shape index (κ3) is 6.35. The van der Waals surface area contributed by atoms with Crippen LogP contribution in [-0.2, 0) is 9.59 Å². The average Bonchev–Trinajstić information content (AvgIpc) is 3.13. The quantitative estimate of drug-likeness (QED) is 0.641. The molecule has 1 aromatic carbocycles. The summed E-state index contributed by atoms with van der Waals surface area (Å²) in [5, 5.41) is 0. The van der Waals surface area contributed by atoms with Crippen molar-refractivity contribution >= 4 is 35.3 Å². The largest absolute Gasteiger partial charge is 0.484 e. The number of ether oxygens (including phenoxy) is 1. The van der Waals surface area contributed by atoms with Crippen LogP contribution in [0.5, 0.6) is 5.75 Å². The highest BCUT2D eigenvalue weighted by atomic mass is 32.2.